The Morgan fingerprint density at radius 2 is 2.21 bits per heavy atom. The number of aromatic nitrogens is 1. The molecule has 14 heavy (non-hydrogen) atoms. The largest absolute Gasteiger partial charge is 0.267 e. The molecule has 2 rings (SSSR count). The Kier molecular flexibility index (Phi) is 2.19. The van der Waals surface area contributed by atoms with Gasteiger partial charge in [0.05, 0.1) is 5.25 Å². The molecule has 0 radical (unpaired) electrons. The van der Waals surface area contributed by atoms with Gasteiger partial charge in [-0.1, -0.05) is 6.07 Å². The molecule has 4 nitrogen and oxygen atoms in total. The number of anilines is 1. The highest BCUT2D eigenvalue weighted by Gasteiger charge is 2.36. The summed E-state index contributed by atoms with van der Waals surface area (Å²) < 4.78 is 25.6. The van der Waals surface area contributed by atoms with Crippen molar-refractivity contribution in [2.24, 2.45) is 0 Å². The molecule has 5 heteroatoms. The van der Waals surface area contributed by atoms with Crippen molar-refractivity contribution < 1.29 is 8.42 Å². The van der Waals surface area contributed by atoms with Gasteiger partial charge in [0, 0.05) is 6.20 Å². The number of sulfonamides is 1. The van der Waals surface area contributed by atoms with Crippen molar-refractivity contribution in [1.82, 2.24) is 4.98 Å². The van der Waals surface area contributed by atoms with Crippen LogP contribution < -0.4 is 4.72 Å². The van der Waals surface area contributed by atoms with Crippen molar-refractivity contribution in [3.63, 3.8) is 0 Å². The molecule has 1 N–H and O–H groups in total. The standard InChI is InChI=1S/C9H12N2O2S/c1-7-3-2-6-10-9(7)11-14(12,13)8-4-5-8/h2-3,6,8H,4-5H2,1H3,(H,10,11). The summed E-state index contributed by atoms with van der Waals surface area (Å²) >= 11 is 0. The van der Waals surface area contributed by atoms with Gasteiger partial charge in [0.2, 0.25) is 10.0 Å². The van der Waals surface area contributed by atoms with Gasteiger partial charge >= 0.3 is 0 Å². The first kappa shape index (κ1) is 9.45. The predicted octanol–water partition coefficient (Wildman–Crippen LogP) is 1.29. The number of hydrogen-bond donors (Lipinski definition) is 1. The second-order valence-electron chi connectivity index (χ2n) is 3.52. The molecule has 1 fully saturated rings. The van der Waals surface area contributed by atoms with Crippen LogP contribution in [-0.2, 0) is 10.0 Å². The van der Waals surface area contributed by atoms with Crippen LogP contribution in [0.2, 0.25) is 0 Å². The Morgan fingerprint density at radius 3 is 2.79 bits per heavy atom. The molecular formula is C9H12N2O2S. The normalized spacial score (nSPS) is 16.6. The Bertz CT molecular complexity index is 438. The molecule has 1 heterocycles. The lowest BCUT2D eigenvalue weighted by Crippen LogP contribution is -2.18. The van der Waals surface area contributed by atoms with E-state index in [2.05, 4.69) is 9.71 Å². The van der Waals surface area contributed by atoms with Crippen LogP contribution in [0.1, 0.15) is 18.4 Å². The second-order valence-corrected chi connectivity index (χ2v) is 5.48. The fourth-order valence-corrected chi connectivity index (χ4v) is 2.60. The number of pyridine rings is 1. The van der Waals surface area contributed by atoms with Crippen LogP contribution in [0.15, 0.2) is 18.3 Å². The summed E-state index contributed by atoms with van der Waals surface area (Å²) in [7, 11) is -3.18. The minimum Gasteiger partial charge on any atom is -0.267 e. The van der Waals surface area contributed by atoms with Gasteiger partial charge in [-0.3, -0.25) is 4.72 Å². The molecule has 0 saturated heterocycles. The molecule has 0 atom stereocenters. The molecule has 0 amide bonds. The molecule has 0 aromatic carbocycles. The highest BCUT2D eigenvalue weighted by molar-refractivity contribution is 7.93. The molecule has 1 aliphatic carbocycles. The summed E-state index contributed by atoms with van der Waals surface area (Å²) in [5.41, 5.74) is 0.844. The fraction of sp³-hybridized carbons (Fsp3) is 0.444. The summed E-state index contributed by atoms with van der Waals surface area (Å²) in [6, 6.07) is 3.61. The van der Waals surface area contributed by atoms with E-state index in [-0.39, 0.29) is 5.25 Å². The Morgan fingerprint density at radius 1 is 1.50 bits per heavy atom. The van der Waals surface area contributed by atoms with Crippen LogP contribution in [0.4, 0.5) is 5.82 Å². The number of nitrogens with one attached hydrogen (secondary N) is 1. The Labute approximate surface area is 83.4 Å². The third kappa shape index (κ3) is 1.87. The molecule has 0 bridgehead atoms. The zero-order valence-corrected chi connectivity index (χ0v) is 8.71. The highest BCUT2D eigenvalue weighted by Crippen LogP contribution is 2.29. The van der Waals surface area contributed by atoms with Crippen LogP contribution in [-0.4, -0.2) is 18.7 Å². The van der Waals surface area contributed by atoms with E-state index in [0.717, 1.165) is 18.4 Å². The molecule has 1 aliphatic rings. The van der Waals surface area contributed by atoms with E-state index in [9.17, 15) is 8.42 Å². The van der Waals surface area contributed by atoms with E-state index in [0.29, 0.717) is 5.82 Å². The summed E-state index contributed by atoms with van der Waals surface area (Å²) in [5.74, 6) is 0.444. The quantitative estimate of drug-likeness (QED) is 0.821. The molecule has 0 aliphatic heterocycles. The lowest BCUT2D eigenvalue weighted by molar-refractivity contribution is 0.599. The van der Waals surface area contributed by atoms with Gasteiger partial charge in [0.15, 0.2) is 0 Å². The zero-order chi connectivity index (χ0) is 10.2. The van der Waals surface area contributed by atoms with Gasteiger partial charge in [-0.05, 0) is 31.4 Å². The summed E-state index contributed by atoms with van der Waals surface area (Å²) in [5, 5.41) is -0.205. The van der Waals surface area contributed by atoms with E-state index in [1.807, 2.05) is 13.0 Å². The van der Waals surface area contributed by atoms with Gasteiger partial charge < -0.3 is 0 Å². The van der Waals surface area contributed by atoms with Crippen LogP contribution >= 0.6 is 0 Å². The number of aryl methyl sites for hydroxylation is 1. The Balaban J connectivity index is 2.22. The van der Waals surface area contributed by atoms with Crippen molar-refractivity contribution >= 4 is 15.8 Å². The first-order valence-electron chi connectivity index (χ1n) is 4.53. The number of nitrogens with zero attached hydrogens (tertiary/aromatic N) is 1. The summed E-state index contributed by atoms with van der Waals surface area (Å²) in [6.45, 7) is 1.83. The molecule has 1 aromatic heterocycles. The molecule has 0 unspecified atom stereocenters. The van der Waals surface area contributed by atoms with Gasteiger partial charge in [0.25, 0.3) is 0 Å². The monoisotopic (exact) mass is 212 g/mol. The maximum atomic E-state index is 11.6. The maximum absolute atomic E-state index is 11.6. The van der Waals surface area contributed by atoms with Crippen LogP contribution in [0, 0.1) is 6.92 Å². The number of rotatable bonds is 3. The van der Waals surface area contributed by atoms with E-state index in [4.69, 9.17) is 0 Å². The first-order chi connectivity index (χ1) is 6.59. The molecule has 76 valence electrons. The molecule has 0 spiro atoms. The third-order valence-electron chi connectivity index (χ3n) is 2.21. The van der Waals surface area contributed by atoms with Crippen molar-refractivity contribution in [1.29, 1.82) is 0 Å². The Hall–Kier alpha value is -1.10. The average Bonchev–Trinajstić information content (AvgIpc) is 2.91. The third-order valence-corrected chi connectivity index (χ3v) is 4.04. The molecular weight excluding hydrogens is 200 g/mol. The van der Waals surface area contributed by atoms with Crippen molar-refractivity contribution in [2.75, 3.05) is 4.72 Å². The zero-order valence-electron chi connectivity index (χ0n) is 7.90. The average molecular weight is 212 g/mol. The van der Waals surface area contributed by atoms with Gasteiger partial charge in [-0.25, -0.2) is 13.4 Å². The van der Waals surface area contributed by atoms with Crippen LogP contribution in [0.5, 0.6) is 0 Å². The van der Waals surface area contributed by atoms with Gasteiger partial charge in [0.1, 0.15) is 5.82 Å². The highest BCUT2D eigenvalue weighted by atomic mass is 32.2. The maximum Gasteiger partial charge on any atom is 0.236 e. The van der Waals surface area contributed by atoms with Crippen LogP contribution in [0.25, 0.3) is 0 Å². The topological polar surface area (TPSA) is 59.1 Å². The van der Waals surface area contributed by atoms with E-state index in [1.54, 1.807) is 12.3 Å². The minimum atomic E-state index is -3.18. The SMILES string of the molecule is Cc1cccnc1NS(=O)(=O)C1CC1. The van der Waals surface area contributed by atoms with Gasteiger partial charge in [-0.2, -0.15) is 0 Å². The van der Waals surface area contributed by atoms with E-state index in [1.165, 1.54) is 0 Å². The molecule has 1 aromatic rings. The van der Waals surface area contributed by atoms with Crippen molar-refractivity contribution in [2.45, 2.75) is 25.0 Å². The minimum absolute atomic E-state index is 0.205. The lowest BCUT2D eigenvalue weighted by atomic mass is 10.3. The van der Waals surface area contributed by atoms with E-state index >= 15 is 0 Å². The fourth-order valence-electron chi connectivity index (χ4n) is 1.19. The van der Waals surface area contributed by atoms with Crippen molar-refractivity contribution in [3.8, 4) is 0 Å². The van der Waals surface area contributed by atoms with Crippen molar-refractivity contribution in [3.05, 3.63) is 23.9 Å². The predicted molar refractivity (Wildman–Crippen MR) is 54.5 cm³/mol. The second kappa shape index (κ2) is 3.24. The number of hydrogen-bond acceptors (Lipinski definition) is 3. The first-order valence-corrected chi connectivity index (χ1v) is 6.07. The smallest absolute Gasteiger partial charge is 0.236 e. The summed E-state index contributed by atoms with van der Waals surface area (Å²) in [4.78, 5) is 3.98. The lowest BCUT2D eigenvalue weighted by Gasteiger charge is -2.07. The molecule has 1 saturated carbocycles. The van der Waals surface area contributed by atoms with E-state index < -0.39 is 10.0 Å². The van der Waals surface area contributed by atoms with Gasteiger partial charge in [-0.15, -0.1) is 0 Å². The summed E-state index contributed by atoms with van der Waals surface area (Å²) in [6.07, 6.45) is 3.11. The van der Waals surface area contributed by atoms with Crippen LogP contribution in [0.3, 0.4) is 0 Å².